The monoisotopic (exact) mass is 778 g/mol. The van der Waals surface area contributed by atoms with Crippen LogP contribution >= 0.6 is 0 Å². The lowest BCUT2D eigenvalue weighted by atomic mass is 9.72. The molecule has 2 aliphatic carbocycles. The largest absolute Gasteiger partial charge is 0.228 e. The molecule has 9 aromatic carbocycles. The van der Waals surface area contributed by atoms with Crippen LogP contribution in [0.4, 0.5) is 0 Å². The fourth-order valence-electron chi connectivity index (χ4n) is 10.6. The maximum Gasteiger partial charge on any atom is 0.160 e. The predicted molar refractivity (Wildman–Crippen MR) is 254 cm³/mol. The van der Waals surface area contributed by atoms with Crippen LogP contribution in [0, 0.1) is 0 Å². The minimum atomic E-state index is -0.283. The minimum Gasteiger partial charge on any atom is -0.228 e. The van der Waals surface area contributed by atoms with E-state index in [2.05, 4.69) is 215 Å². The van der Waals surface area contributed by atoms with Gasteiger partial charge in [-0.3, -0.25) is 0 Å². The Balaban J connectivity index is 0.995. The predicted octanol–water partition coefficient (Wildman–Crippen LogP) is 15.1. The third-order valence-corrected chi connectivity index (χ3v) is 13.7. The van der Waals surface area contributed by atoms with E-state index in [0.717, 1.165) is 33.9 Å². The Bertz CT molecular complexity index is 3400. The summed E-state index contributed by atoms with van der Waals surface area (Å²) in [5.74, 6) is 0.720. The average Bonchev–Trinajstić information content (AvgIpc) is 3.72. The molecule has 1 unspecified atom stereocenters. The van der Waals surface area contributed by atoms with E-state index in [-0.39, 0.29) is 10.8 Å². The Morgan fingerprint density at radius 1 is 0.344 bits per heavy atom. The highest BCUT2D eigenvalue weighted by molar-refractivity contribution is 5.99. The molecule has 0 spiro atoms. The molecule has 0 radical (unpaired) electrons. The third kappa shape index (κ3) is 5.35. The summed E-state index contributed by atoms with van der Waals surface area (Å²) in [5.41, 5.74) is 19.0. The summed E-state index contributed by atoms with van der Waals surface area (Å²) in [5, 5.41) is 4.89. The molecular weight excluding hydrogens is 737 g/mol. The highest BCUT2D eigenvalue weighted by Crippen LogP contribution is 2.56. The number of benzene rings is 9. The zero-order valence-corrected chi connectivity index (χ0v) is 34.4. The van der Waals surface area contributed by atoms with Gasteiger partial charge in [0.15, 0.2) is 5.82 Å². The Labute approximate surface area is 356 Å². The summed E-state index contributed by atoms with van der Waals surface area (Å²) < 4.78 is 0. The van der Waals surface area contributed by atoms with Crippen molar-refractivity contribution < 1.29 is 0 Å². The van der Waals surface area contributed by atoms with Gasteiger partial charge in [-0.2, -0.15) is 0 Å². The molecule has 1 atom stereocenters. The number of nitrogens with zero attached hydrogens (tertiary/aromatic N) is 2. The van der Waals surface area contributed by atoms with Gasteiger partial charge in [-0.25, -0.2) is 9.97 Å². The quantitative estimate of drug-likeness (QED) is 0.174. The van der Waals surface area contributed by atoms with E-state index in [1.807, 2.05) is 6.07 Å². The second-order valence-electron chi connectivity index (χ2n) is 17.5. The molecule has 2 heteroatoms. The fraction of sp³-hybridized carbons (Fsp3) is 0.0847. The van der Waals surface area contributed by atoms with Gasteiger partial charge >= 0.3 is 0 Å². The Hall–Kier alpha value is -7.42. The minimum absolute atomic E-state index is 0.149. The lowest BCUT2D eigenvalue weighted by Gasteiger charge is -2.30. The topological polar surface area (TPSA) is 25.8 Å². The summed E-state index contributed by atoms with van der Waals surface area (Å²) in [4.78, 5) is 10.6. The molecular formula is C59H42N2. The van der Waals surface area contributed by atoms with Crippen molar-refractivity contribution in [2.75, 3.05) is 0 Å². The van der Waals surface area contributed by atoms with Gasteiger partial charge in [0, 0.05) is 27.5 Å². The van der Waals surface area contributed by atoms with E-state index in [9.17, 15) is 0 Å². The lowest BCUT2D eigenvalue weighted by Crippen LogP contribution is -2.23. The van der Waals surface area contributed by atoms with E-state index < -0.39 is 0 Å². The molecule has 2 aliphatic rings. The zero-order valence-electron chi connectivity index (χ0n) is 34.4. The lowest BCUT2D eigenvalue weighted by molar-refractivity contribution is 0.661. The Morgan fingerprint density at radius 3 is 1.72 bits per heavy atom. The summed E-state index contributed by atoms with van der Waals surface area (Å²) in [6.45, 7) is 7.10. The van der Waals surface area contributed by atoms with Crippen LogP contribution in [0.2, 0.25) is 0 Å². The van der Waals surface area contributed by atoms with Crippen molar-refractivity contribution in [1.82, 2.24) is 9.97 Å². The summed E-state index contributed by atoms with van der Waals surface area (Å²) >= 11 is 0. The van der Waals surface area contributed by atoms with Gasteiger partial charge in [0.2, 0.25) is 0 Å². The summed E-state index contributed by atoms with van der Waals surface area (Å²) in [6.07, 6.45) is 0. The number of hydrogen-bond acceptors (Lipinski definition) is 2. The van der Waals surface area contributed by atoms with E-state index >= 15 is 0 Å². The Kier molecular flexibility index (Phi) is 7.74. The van der Waals surface area contributed by atoms with Crippen molar-refractivity contribution in [2.24, 2.45) is 0 Å². The van der Waals surface area contributed by atoms with Crippen molar-refractivity contribution >= 4 is 21.5 Å². The molecule has 0 saturated heterocycles. The van der Waals surface area contributed by atoms with Crippen molar-refractivity contribution in [2.45, 2.75) is 31.6 Å². The molecule has 1 heterocycles. The Morgan fingerprint density at radius 2 is 0.918 bits per heavy atom. The standard InChI is InChI=1S/C59H42N2/c1-58(2)51-27-15-25-48(55(51)49-34-38-18-10-11-19-39(38)35-52(49)58)54-36-53(60-57(61-54)37-16-6-4-7-17-37)43-31-29-40-32-42(30-28-41(40)33-43)45-23-14-24-47-46-22-12-13-26-50(46)59(3,56(45)47)44-20-8-5-9-21-44/h4-36H,1-3H3. The average molecular weight is 779 g/mol. The van der Waals surface area contributed by atoms with Crippen LogP contribution in [0.5, 0.6) is 0 Å². The van der Waals surface area contributed by atoms with Crippen molar-refractivity contribution in [3.05, 3.63) is 228 Å². The van der Waals surface area contributed by atoms with Crippen molar-refractivity contribution in [3.63, 3.8) is 0 Å². The molecule has 0 amide bonds. The number of aromatic nitrogens is 2. The van der Waals surface area contributed by atoms with Gasteiger partial charge in [-0.05, 0) is 120 Å². The number of hydrogen-bond donors (Lipinski definition) is 0. The van der Waals surface area contributed by atoms with E-state index in [1.165, 1.54) is 82.7 Å². The molecule has 61 heavy (non-hydrogen) atoms. The van der Waals surface area contributed by atoms with Crippen LogP contribution < -0.4 is 0 Å². The highest BCUT2D eigenvalue weighted by Gasteiger charge is 2.42. The second kappa shape index (κ2) is 13.3. The highest BCUT2D eigenvalue weighted by atomic mass is 14.9. The van der Waals surface area contributed by atoms with Crippen LogP contribution in [0.3, 0.4) is 0 Å². The van der Waals surface area contributed by atoms with Gasteiger partial charge in [-0.1, -0.05) is 184 Å². The van der Waals surface area contributed by atoms with E-state index in [0.29, 0.717) is 0 Å². The van der Waals surface area contributed by atoms with Crippen LogP contribution in [-0.4, -0.2) is 9.97 Å². The first-order chi connectivity index (χ1) is 29.9. The molecule has 12 rings (SSSR count). The zero-order chi connectivity index (χ0) is 40.9. The fourth-order valence-corrected chi connectivity index (χ4v) is 10.6. The maximum atomic E-state index is 5.33. The normalized spacial score (nSPS) is 15.7. The number of rotatable bonds is 5. The third-order valence-electron chi connectivity index (χ3n) is 13.7. The summed E-state index contributed by atoms with van der Waals surface area (Å²) in [7, 11) is 0. The van der Waals surface area contributed by atoms with Crippen molar-refractivity contribution in [3.8, 4) is 67.3 Å². The van der Waals surface area contributed by atoms with Crippen LogP contribution in [0.15, 0.2) is 200 Å². The molecule has 10 aromatic rings. The second-order valence-corrected chi connectivity index (χ2v) is 17.5. The van der Waals surface area contributed by atoms with Crippen molar-refractivity contribution in [1.29, 1.82) is 0 Å². The molecule has 0 saturated carbocycles. The maximum absolute atomic E-state index is 5.33. The van der Waals surface area contributed by atoms with Crippen LogP contribution in [-0.2, 0) is 10.8 Å². The summed E-state index contributed by atoms with van der Waals surface area (Å²) in [6, 6.07) is 73.2. The van der Waals surface area contributed by atoms with Crippen LogP contribution in [0.1, 0.15) is 48.6 Å². The SMILES string of the molecule is CC1(C)c2cc3ccccc3cc2-c2c(-c3cc(-c4ccc5cc(-c6cccc7c6C(C)(c6ccccc6)c6ccccc6-7)ccc5c4)nc(-c4ccccc4)n3)cccc21. The first kappa shape index (κ1) is 35.5. The van der Waals surface area contributed by atoms with E-state index in [1.54, 1.807) is 0 Å². The van der Waals surface area contributed by atoms with Gasteiger partial charge in [0.05, 0.1) is 11.4 Å². The van der Waals surface area contributed by atoms with E-state index in [4.69, 9.17) is 9.97 Å². The smallest absolute Gasteiger partial charge is 0.160 e. The van der Waals surface area contributed by atoms with Gasteiger partial charge in [0.1, 0.15) is 0 Å². The first-order valence-corrected chi connectivity index (χ1v) is 21.3. The molecule has 0 N–H and O–H groups in total. The molecule has 2 nitrogen and oxygen atoms in total. The number of fused-ring (bicyclic) bond motifs is 8. The van der Waals surface area contributed by atoms with Gasteiger partial charge in [-0.15, -0.1) is 0 Å². The molecule has 288 valence electrons. The van der Waals surface area contributed by atoms with Gasteiger partial charge < -0.3 is 0 Å². The molecule has 1 aromatic heterocycles. The molecule has 0 aliphatic heterocycles. The molecule has 0 bridgehead atoms. The molecule has 0 fully saturated rings. The van der Waals surface area contributed by atoms with Gasteiger partial charge in [0.25, 0.3) is 0 Å². The first-order valence-electron chi connectivity index (χ1n) is 21.3. The van der Waals surface area contributed by atoms with Crippen LogP contribution in [0.25, 0.3) is 88.8 Å².